The van der Waals surface area contributed by atoms with Gasteiger partial charge in [0.2, 0.25) is 0 Å². The third-order valence-electron chi connectivity index (χ3n) is 1.20. The van der Waals surface area contributed by atoms with Crippen molar-refractivity contribution in [2.45, 2.75) is 0 Å². The molecule has 0 aliphatic rings. The number of thiophene rings is 1. The van der Waals surface area contributed by atoms with Crippen LogP contribution >= 0.6 is 22.9 Å². The third-order valence-corrected chi connectivity index (χ3v) is 3.01. The fraction of sp³-hybridized carbons (Fsp3) is 0. The van der Waals surface area contributed by atoms with Gasteiger partial charge in [-0.1, -0.05) is 6.07 Å². The highest BCUT2D eigenvalue weighted by atomic mass is 32.1. The van der Waals surface area contributed by atoms with E-state index in [-0.39, 0.29) is 0 Å². The van der Waals surface area contributed by atoms with Gasteiger partial charge in [0.15, 0.2) is 0 Å². The van der Waals surface area contributed by atoms with Crippen LogP contribution in [0, 0.1) is 0 Å². The monoisotopic (exact) mass is 167 g/mol. The Labute approximate surface area is 67.1 Å². The van der Waals surface area contributed by atoms with E-state index in [0.717, 1.165) is 0 Å². The molecule has 0 fully saturated rings. The molecule has 50 valence electrons. The molecule has 2 rings (SSSR count). The second-order valence-corrected chi connectivity index (χ2v) is 3.63. The van der Waals surface area contributed by atoms with Crippen molar-refractivity contribution in [1.82, 2.24) is 4.37 Å². The van der Waals surface area contributed by atoms with Gasteiger partial charge in [-0.25, -0.2) is 4.37 Å². The number of aromatic nitrogens is 1. The molecule has 0 aliphatic heterocycles. The van der Waals surface area contributed by atoms with Crippen LogP contribution in [0.25, 0.3) is 9.75 Å². The van der Waals surface area contributed by atoms with Gasteiger partial charge < -0.3 is 0 Å². The molecule has 3 heteroatoms. The van der Waals surface area contributed by atoms with Crippen LogP contribution in [0.4, 0.5) is 0 Å². The van der Waals surface area contributed by atoms with Gasteiger partial charge in [-0.15, -0.1) is 11.3 Å². The van der Waals surface area contributed by atoms with Gasteiger partial charge in [0.05, 0.1) is 4.88 Å². The molecule has 2 heterocycles. The normalized spacial score (nSPS) is 10.0. The number of nitrogens with zero attached hydrogens (tertiary/aromatic N) is 1. The largest absolute Gasteiger partial charge is 0.201 e. The number of rotatable bonds is 1. The molecule has 1 nitrogen and oxygen atoms in total. The Bertz CT molecular complexity index is 251. The van der Waals surface area contributed by atoms with Gasteiger partial charge in [-0.05, 0) is 29.0 Å². The zero-order chi connectivity index (χ0) is 6.81. The zero-order valence-corrected chi connectivity index (χ0v) is 6.78. The highest BCUT2D eigenvalue weighted by Gasteiger charge is 1.97. The summed E-state index contributed by atoms with van der Waals surface area (Å²) in [5.74, 6) is 0. The van der Waals surface area contributed by atoms with Crippen molar-refractivity contribution >= 4 is 22.9 Å². The van der Waals surface area contributed by atoms with Crippen LogP contribution < -0.4 is 0 Å². The Hall–Kier alpha value is -0.670. The minimum absolute atomic E-state index is 1.26. The molecule has 0 bridgehead atoms. The summed E-state index contributed by atoms with van der Waals surface area (Å²) in [7, 11) is 0. The predicted octanol–water partition coefficient (Wildman–Crippen LogP) is 2.87. The molecule has 10 heavy (non-hydrogen) atoms. The first kappa shape index (κ1) is 6.07. The first-order chi connectivity index (χ1) is 4.97. The van der Waals surface area contributed by atoms with Crippen LogP contribution in [-0.2, 0) is 0 Å². The Morgan fingerprint density at radius 3 is 2.80 bits per heavy atom. The summed E-state index contributed by atoms with van der Waals surface area (Å²) >= 11 is 3.29. The van der Waals surface area contributed by atoms with E-state index in [4.69, 9.17) is 0 Å². The van der Waals surface area contributed by atoms with Crippen LogP contribution in [0.15, 0.2) is 29.8 Å². The zero-order valence-electron chi connectivity index (χ0n) is 5.15. The maximum atomic E-state index is 4.03. The lowest BCUT2D eigenvalue weighted by Gasteiger charge is -1.83. The minimum Gasteiger partial charge on any atom is -0.201 e. The van der Waals surface area contributed by atoms with Crippen LogP contribution in [-0.4, -0.2) is 4.37 Å². The molecule has 0 saturated carbocycles. The Morgan fingerprint density at radius 2 is 2.20 bits per heavy atom. The van der Waals surface area contributed by atoms with Gasteiger partial charge in [0, 0.05) is 11.1 Å². The second-order valence-electron chi connectivity index (χ2n) is 1.85. The standard InChI is InChI=1S/C7H5NS2/c1-2-6(9-5-1)7-3-4-8-10-7/h1-5H. The lowest BCUT2D eigenvalue weighted by atomic mass is 10.4. The average Bonchev–Trinajstić information content (AvgIpc) is 2.59. The molecule has 0 aromatic carbocycles. The van der Waals surface area contributed by atoms with Crippen LogP contribution in [0.3, 0.4) is 0 Å². The van der Waals surface area contributed by atoms with E-state index >= 15 is 0 Å². The second kappa shape index (κ2) is 2.52. The van der Waals surface area contributed by atoms with E-state index in [1.165, 1.54) is 9.75 Å². The highest BCUT2D eigenvalue weighted by Crippen LogP contribution is 2.26. The van der Waals surface area contributed by atoms with Crippen molar-refractivity contribution in [2.75, 3.05) is 0 Å². The maximum Gasteiger partial charge on any atom is 0.0649 e. The average molecular weight is 167 g/mol. The lowest BCUT2D eigenvalue weighted by Crippen LogP contribution is -1.55. The predicted molar refractivity (Wildman–Crippen MR) is 45.4 cm³/mol. The van der Waals surface area contributed by atoms with Gasteiger partial charge in [-0.3, -0.25) is 0 Å². The van der Waals surface area contributed by atoms with Crippen molar-refractivity contribution < 1.29 is 0 Å². The summed E-state index contributed by atoms with van der Waals surface area (Å²) in [5, 5.41) is 2.08. The summed E-state index contributed by atoms with van der Waals surface area (Å²) in [6.07, 6.45) is 1.83. The lowest BCUT2D eigenvalue weighted by molar-refractivity contribution is 1.58. The first-order valence-corrected chi connectivity index (χ1v) is 4.57. The molecule has 0 atom stereocenters. The van der Waals surface area contributed by atoms with Crippen LogP contribution in [0.5, 0.6) is 0 Å². The van der Waals surface area contributed by atoms with Crippen molar-refractivity contribution in [3.63, 3.8) is 0 Å². The van der Waals surface area contributed by atoms with E-state index < -0.39 is 0 Å². The maximum absolute atomic E-state index is 4.03. The van der Waals surface area contributed by atoms with Gasteiger partial charge in [0.1, 0.15) is 0 Å². The molecule has 0 spiro atoms. The first-order valence-electron chi connectivity index (χ1n) is 2.91. The topological polar surface area (TPSA) is 12.9 Å². The summed E-state index contributed by atoms with van der Waals surface area (Å²) < 4.78 is 4.03. The van der Waals surface area contributed by atoms with Gasteiger partial charge >= 0.3 is 0 Å². The molecule has 0 radical (unpaired) electrons. The van der Waals surface area contributed by atoms with Gasteiger partial charge in [-0.2, -0.15) is 0 Å². The van der Waals surface area contributed by atoms with E-state index in [1.807, 2.05) is 12.3 Å². The molecule has 0 saturated heterocycles. The molecule has 0 unspecified atom stereocenters. The quantitative estimate of drug-likeness (QED) is 0.636. The Kier molecular flexibility index (Phi) is 1.53. The van der Waals surface area contributed by atoms with E-state index in [9.17, 15) is 0 Å². The Morgan fingerprint density at radius 1 is 1.20 bits per heavy atom. The smallest absolute Gasteiger partial charge is 0.0649 e. The molecular formula is C7H5NS2. The van der Waals surface area contributed by atoms with Crippen LogP contribution in [0.1, 0.15) is 0 Å². The summed E-state index contributed by atoms with van der Waals surface area (Å²) in [6.45, 7) is 0. The highest BCUT2D eigenvalue weighted by molar-refractivity contribution is 7.18. The Balaban J connectivity index is 2.48. The number of hydrogen-bond acceptors (Lipinski definition) is 3. The van der Waals surface area contributed by atoms with Crippen LogP contribution in [0.2, 0.25) is 0 Å². The molecule has 0 N–H and O–H groups in total. The summed E-state index contributed by atoms with van der Waals surface area (Å²) in [5.41, 5.74) is 0. The van der Waals surface area contributed by atoms with Gasteiger partial charge in [0.25, 0.3) is 0 Å². The minimum atomic E-state index is 1.26. The van der Waals surface area contributed by atoms with Crippen molar-refractivity contribution in [1.29, 1.82) is 0 Å². The molecule has 0 aliphatic carbocycles. The molecular weight excluding hydrogens is 162 g/mol. The van der Waals surface area contributed by atoms with Crippen molar-refractivity contribution in [2.24, 2.45) is 0 Å². The van der Waals surface area contributed by atoms with E-state index in [2.05, 4.69) is 21.9 Å². The summed E-state index contributed by atoms with van der Waals surface area (Å²) in [4.78, 5) is 2.57. The fourth-order valence-electron chi connectivity index (χ4n) is 0.762. The van der Waals surface area contributed by atoms with Crippen molar-refractivity contribution in [3.05, 3.63) is 29.8 Å². The molecule has 0 amide bonds. The fourth-order valence-corrected chi connectivity index (χ4v) is 2.18. The van der Waals surface area contributed by atoms with E-state index in [1.54, 1.807) is 22.9 Å². The van der Waals surface area contributed by atoms with E-state index in [0.29, 0.717) is 0 Å². The summed E-state index contributed by atoms with van der Waals surface area (Å²) in [6, 6.07) is 6.20. The molecule has 2 aromatic rings. The SMILES string of the molecule is c1csc(-c2ccns2)c1. The number of hydrogen-bond donors (Lipinski definition) is 0. The molecule has 2 aromatic heterocycles. The third kappa shape index (κ3) is 0.978. The van der Waals surface area contributed by atoms with Crippen molar-refractivity contribution in [3.8, 4) is 9.75 Å².